The first-order valence-corrected chi connectivity index (χ1v) is 8.91. The predicted octanol–water partition coefficient (Wildman–Crippen LogP) is 1.55. The Balaban J connectivity index is 1.96. The number of nitrogens with zero attached hydrogens (tertiary/aromatic N) is 3. The number of nitrogens with one attached hydrogen (secondary N) is 1. The van der Waals surface area contributed by atoms with Crippen LogP contribution in [0.2, 0.25) is 0 Å². The first-order valence-electron chi connectivity index (χ1n) is 8.03. The van der Waals surface area contributed by atoms with Crippen molar-refractivity contribution < 1.29 is 14.4 Å². The quantitative estimate of drug-likeness (QED) is 0.534. The first kappa shape index (κ1) is 19.6. The molecule has 2 amide bonds. The number of carbonyl (C=O) groups excluding carboxylic acids is 3. The van der Waals surface area contributed by atoms with E-state index in [4.69, 9.17) is 5.73 Å². The largest absolute Gasteiger partial charge is 0.370 e. The van der Waals surface area contributed by atoms with Gasteiger partial charge in [-0.25, -0.2) is 0 Å². The topological polar surface area (TPSA) is 120 Å². The summed E-state index contributed by atoms with van der Waals surface area (Å²) < 4.78 is 1.75. The number of Topliss-reactive ketones (excluding diaryl/α,β-unsaturated/α-hetero) is 1. The van der Waals surface area contributed by atoms with E-state index in [1.807, 2.05) is 0 Å². The normalized spacial score (nSPS) is 11.8. The number of primary amides is 1. The van der Waals surface area contributed by atoms with Gasteiger partial charge in [0.25, 0.3) is 0 Å². The van der Waals surface area contributed by atoms with Crippen molar-refractivity contribution in [3.63, 3.8) is 0 Å². The minimum Gasteiger partial charge on any atom is -0.370 e. The average molecular weight is 375 g/mol. The number of benzene rings is 1. The number of rotatable bonds is 8. The zero-order valence-corrected chi connectivity index (χ0v) is 15.7. The number of amides is 2. The molecule has 9 heteroatoms. The van der Waals surface area contributed by atoms with E-state index < -0.39 is 11.2 Å². The molecule has 3 N–H and O–H groups in total. The summed E-state index contributed by atoms with van der Waals surface area (Å²) in [5, 5.41) is 11.1. The number of carbonyl (C=O) groups is 3. The fraction of sp³-hybridized carbons (Fsp3) is 0.353. The van der Waals surface area contributed by atoms with Gasteiger partial charge in [0.2, 0.25) is 11.8 Å². The number of thioether (sulfide) groups is 1. The van der Waals surface area contributed by atoms with Gasteiger partial charge in [-0.05, 0) is 38.1 Å². The van der Waals surface area contributed by atoms with Crippen LogP contribution in [0, 0.1) is 0 Å². The third-order valence-corrected chi connectivity index (χ3v) is 4.86. The predicted molar refractivity (Wildman–Crippen MR) is 98.9 cm³/mol. The molecule has 26 heavy (non-hydrogen) atoms. The summed E-state index contributed by atoms with van der Waals surface area (Å²) in [7, 11) is 1.78. The molecule has 0 saturated carbocycles. The van der Waals surface area contributed by atoms with E-state index in [-0.39, 0.29) is 18.1 Å². The maximum absolute atomic E-state index is 12.4. The molecule has 0 aliphatic heterocycles. The highest BCUT2D eigenvalue weighted by molar-refractivity contribution is 8.00. The van der Waals surface area contributed by atoms with Crippen molar-refractivity contribution >= 4 is 35.0 Å². The van der Waals surface area contributed by atoms with Crippen LogP contribution < -0.4 is 11.1 Å². The molecule has 8 nitrogen and oxygen atoms in total. The fourth-order valence-corrected chi connectivity index (χ4v) is 2.98. The van der Waals surface area contributed by atoms with Crippen LogP contribution in [0.5, 0.6) is 0 Å². The smallest absolute Gasteiger partial charge is 0.237 e. The molecule has 0 unspecified atom stereocenters. The second kappa shape index (κ2) is 8.61. The van der Waals surface area contributed by atoms with E-state index in [1.54, 1.807) is 42.8 Å². The number of anilines is 1. The molecule has 0 aliphatic carbocycles. The number of nitrogens with two attached hydrogens (primary N) is 1. The Morgan fingerprint density at radius 2 is 1.88 bits per heavy atom. The van der Waals surface area contributed by atoms with Crippen LogP contribution in [-0.2, 0) is 23.1 Å². The number of hydrogen-bond donors (Lipinski definition) is 2. The highest BCUT2D eigenvalue weighted by Crippen LogP contribution is 2.23. The van der Waals surface area contributed by atoms with Crippen molar-refractivity contribution in [2.75, 3.05) is 5.32 Å². The molecule has 0 fully saturated rings. The molecular formula is C17H21N5O3S. The third-order valence-electron chi connectivity index (χ3n) is 3.73. The summed E-state index contributed by atoms with van der Waals surface area (Å²) in [6.45, 7) is 3.26. The van der Waals surface area contributed by atoms with Crippen LogP contribution in [0.25, 0.3) is 0 Å². The standard InChI is InChI=1S/C17H21N5O3S/c1-10(23)12-4-6-13(7-5-12)19-16(25)11(2)26-17-21-20-15(22(17)3)9-8-14(18)24/h4-7,11H,8-9H2,1-3H3,(H2,18,24)(H,19,25)/t11-/m1/s1. The Morgan fingerprint density at radius 1 is 1.23 bits per heavy atom. The lowest BCUT2D eigenvalue weighted by Crippen LogP contribution is -2.23. The lowest BCUT2D eigenvalue weighted by atomic mass is 10.1. The van der Waals surface area contributed by atoms with Crippen molar-refractivity contribution in [1.82, 2.24) is 14.8 Å². The van der Waals surface area contributed by atoms with Gasteiger partial charge in [0.05, 0.1) is 5.25 Å². The maximum atomic E-state index is 12.4. The second-order valence-corrected chi connectivity index (χ2v) is 7.11. The lowest BCUT2D eigenvalue weighted by molar-refractivity contribution is -0.118. The molecule has 1 aromatic carbocycles. The van der Waals surface area contributed by atoms with Gasteiger partial charge in [0.15, 0.2) is 10.9 Å². The number of aromatic nitrogens is 3. The maximum Gasteiger partial charge on any atom is 0.237 e. The van der Waals surface area contributed by atoms with E-state index in [9.17, 15) is 14.4 Å². The van der Waals surface area contributed by atoms with E-state index in [2.05, 4.69) is 15.5 Å². The van der Waals surface area contributed by atoms with Crippen molar-refractivity contribution in [1.29, 1.82) is 0 Å². The van der Waals surface area contributed by atoms with Crippen molar-refractivity contribution in [3.8, 4) is 0 Å². The van der Waals surface area contributed by atoms with Crippen LogP contribution in [0.3, 0.4) is 0 Å². The van der Waals surface area contributed by atoms with Crippen LogP contribution in [0.15, 0.2) is 29.4 Å². The van der Waals surface area contributed by atoms with Crippen LogP contribution >= 0.6 is 11.8 Å². The Kier molecular flexibility index (Phi) is 6.51. The number of ketones is 1. The Labute approximate surface area is 155 Å². The average Bonchev–Trinajstić information content (AvgIpc) is 2.93. The molecule has 0 radical (unpaired) electrons. The molecule has 2 rings (SSSR count). The van der Waals surface area contributed by atoms with Gasteiger partial charge in [-0.3, -0.25) is 14.4 Å². The monoisotopic (exact) mass is 375 g/mol. The molecule has 0 saturated heterocycles. The van der Waals surface area contributed by atoms with Gasteiger partial charge in [0, 0.05) is 31.1 Å². The highest BCUT2D eigenvalue weighted by atomic mass is 32.2. The molecule has 1 heterocycles. The van der Waals surface area contributed by atoms with Gasteiger partial charge in [-0.1, -0.05) is 11.8 Å². The van der Waals surface area contributed by atoms with E-state index in [1.165, 1.54) is 18.7 Å². The molecule has 0 aliphatic rings. The van der Waals surface area contributed by atoms with Gasteiger partial charge in [-0.2, -0.15) is 0 Å². The minimum absolute atomic E-state index is 0.0266. The Morgan fingerprint density at radius 3 is 2.46 bits per heavy atom. The third kappa shape index (κ3) is 5.16. The van der Waals surface area contributed by atoms with Crippen molar-refractivity contribution in [2.24, 2.45) is 12.8 Å². The first-order chi connectivity index (χ1) is 12.3. The molecular weight excluding hydrogens is 354 g/mol. The Bertz CT molecular complexity index is 816. The SMILES string of the molecule is CC(=O)c1ccc(NC(=O)[C@@H](C)Sc2nnc(CCC(N)=O)n2C)cc1. The van der Waals surface area contributed by atoms with Crippen LogP contribution in [0.4, 0.5) is 5.69 Å². The highest BCUT2D eigenvalue weighted by Gasteiger charge is 2.19. The lowest BCUT2D eigenvalue weighted by Gasteiger charge is -2.12. The zero-order valence-electron chi connectivity index (χ0n) is 14.9. The van der Waals surface area contributed by atoms with Crippen molar-refractivity contribution in [2.45, 2.75) is 37.1 Å². The summed E-state index contributed by atoms with van der Waals surface area (Å²) >= 11 is 1.27. The van der Waals surface area contributed by atoms with Gasteiger partial charge >= 0.3 is 0 Å². The summed E-state index contributed by atoms with van der Waals surface area (Å²) in [5.74, 6) is 0.0259. The molecule has 1 aromatic heterocycles. The number of hydrogen-bond acceptors (Lipinski definition) is 6. The van der Waals surface area contributed by atoms with E-state index >= 15 is 0 Å². The summed E-state index contributed by atoms with van der Waals surface area (Å²) in [6, 6.07) is 6.72. The second-order valence-electron chi connectivity index (χ2n) is 5.81. The Hall–Kier alpha value is -2.68. The van der Waals surface area contributed by atoms with E-state index in [0.29, 0.717) is 28.7 Å². The molecule has 1 atom stereocenters. The minimum atomic E-state index is -0.408. The summed E-state index contributed by atoms with van der Waals surface area (Å²) in [6.07, 6.45) is 0.603. The number of aryl methyl sites for hydroxylation is 1. The van der Waals surface area contributed by atoms with Crippen LogP contribution in [-0.4, -0.2) is 37.6 Å². The molecule has 138 valence electrons. The summed E-state index contributed by atoms with van der Waals surface area (Å²) in [4.78, 5) is 34.5. The van der Waals surface area contributed by atoms with Gasteiger partial charge in [0.1, 0.15) is 5.82 Å². The van der Waals surface area contributed by atoms with Crippen molar-refractivity contribution in [3.05, 3.63) is 35.7 Å². The molecule has 2 aromatic rings. The van der Waals surface area contributed by atoms with Crippen LogP contribution in [0.1, 0.15) is 36.5 Å². The van der Waals surface area contributed by atoms with Gasteiger partial charge in [-0.15, -0.1) is 10.2 Å². The fourth-order valence-electron chi connectivity index (χ4n) is 2.14. The van der Waals surface area contributed by atoms with Gasteiger partial charge < -0.3 is 15.6 Å². The molecule has 0 bridgehead atoms. The molecule has 0 spiro atoms. The summed E-state index contributed by atoms with van der Waals surface area (Å²) in [5.41, 5.74) is 6.35. The zero-order chi connectivity index (χ0) is 19.3. The van der Waals surface area contributed by atoms with E-state index in [0.717, 1.165) is 0 Å².